The topological polar surface area (TPSA) is 23.6 Å². The minimum Gasteiger partial charge on any atom is -0.314 e. The quantitative estimate of drug-likeness (QED) is 0.761. The van der Waals surface area contributed by atoms with Gasteiger partial charge in [-0.25, -0.2) is 0 Å². The minimum atomic E-state index is 0.197. The molecule has 1 amide bonds. The smallest absolute Gasteiger partial charge is 0.214 e. The normalized spacial score (nSPS) is 21.9. The maximum Gasteiger partial charge on any atom is 0.214 e. The van der Waals surface area contributed by atoms with E-state index in [9.17, 15) is 4.79 Å². The van der Waals surface area contributed by atoms with Crippen molar-refractivity contribution in [3.05, 3.63) is 29.8 Å². The Morgan fingerprint density at radius 2 is 1.89 bits per heavy atom. The summed E-state index contributed by atoms with van der Waals surface area (Å²) in [6, 6.07) is 9.04. The second-order valence-corrected chi connectivity index (χ2v) is 6.16. The number of rotatable bonds is 2. The van der Waals surface area contributed by atoms with Crippen molar-refractivity contribution < 1.29 is 4.79 Å². The van der Waals surface area contributed by atoms with Gasteiger partial charge in [0, 0.05) is 23.7 Å². The molecule has 102 valence electrons. The van der Waals surface area contributed by atoms with Crippen LogP contribution in [0.4, 0.5) is 5.69 Å². The van der Waals surface area contributed by atoms with Gasteiger partial charge in [-0.15, -0.1) is 0 Å². The zero-order valence-electron chi connectivity index (χ0n) is 11.8. The van der Waals surface area contributed by atoms with Crippen LogP contribution in [0.25, 0.3) is 0 Å². The number of amides is 1. The van der Waals surface area contributed by atoms with Gasteiger partial charge in [0.2, 0.25) is 6.41 Å². The van der Waals surface area contributed by atoms with E-state index in [0.29, 0.717) is 6.04 Å². The molecule has 1 fully saturated rings. The number of likely N-dealkylation sites (tertiary alicyclic amines) is 1. The largest absolute Gasteiger partial charge is 0.314 e. The summed E-state index contributed by atoms with van der Waals surface area (Å²) in [5.74, 6) is 0. The molecule has 1 aromatic rings. The van der Waals surface area contributed by atoms with Crippen molar-refractivity contribution in [3.63, 3.8) is 0 Å². The van der Waals surface area contributed by atoms with Crippen molar-refractivity contribution >= 4 is 12.1 Å². The standard InChI is InChI=1S/C16H22N2O/c1-13(2)17-9-7-16(8-10-17)11-18(12-19)15-6-4-3-5-14(15)16/h3-6,12-13H,7-11H2,1-2H3. The van der Waals surface area contributed by atoms with Gasteiger partial charge in [-0.05, 0) is 51.4 Å². The minimum absolute atomic E-state index is 0.197. The fraction of sp³-hybridized carbons (Fsp3) is 0.562. The Hall–Kier alpha value is -1.35. The van der Waals surface area contributed by atoms with Gasteiger partial charge in [-0.3, -0.25) is 4.79 Å². The van der Waals surface area contributed by atoms with E-state index in [4.69, 9.17) is 0 Å². The number of benzene rings is 1. The average molecular weight is 258 g/mol. The van der Waals surface area contributed by atoms with Crippen LogP contribution in [0.2, 0.25) is 0 Å². The molecule has 0 bridgehead atoms. The van der Waals surface area contributed by atoms with Gasteiger partial charge < -0.3 is 9.80 Å². The molecule has 3 nitrogen and oxygen atoms in total. The lowest BCUT2D eigenvalue weighted by atomic mass is 9.74. The number of carbonyl (C=O) groups excluding carboxylic acids is 1. The Balaban J connectivity index is 1.89. The van der Waals surface area contributed by atoms with Crippen LogP contribution < -0.4 is 4.90 Å². The number of piperidine rings is 1. The summed E-state index contributed by atoms with van der Waals surface area (Å²) in [5.41, 5.74) is 2.70. The highest BCUT2D eigenvalue weighted by Crippen LogP contribution is 2.46. The van der Waals surface area contributed by atoms with Crippen molar-refractivity contribution in [3.8, 4) is 0 Å². The van der Waals surface area contributed by atoms with Crippen molar-refractivity contribution in [1.29, 1.82) is 0 Å². The van der Waals surface area contributed by atoms with Gasteiger partial charge in [0.05, 0.1) is 0 Å². The van der Waals surface area contributed by atoms with Crippen LogP contribution in [-0.4, -0.2) is 37.0 Å². The fourth-order valence-electron chi connectivity index (χ4n) is 3.66. The number of fused-ring (bicyclic) bond motifs is 2. The van der Waals surface area contributed by atoms with Crippen LogP contribution in [0, 0.1) is 0 Å². The third-order valence-corrected chi connectivity index (χ3v) is 4.87. The predicted molar refractivity (Wildman–Crippen MR) is 77.5 cm³/mol. The zero-order valence-corrected chi connectivity index (χ0v) is 11.8. The number of hydrogen-bond acceptors (Lipinski definition) is 2. The molecule has 2 heterocycles. The second kappa shape index (κ2) is 4.64. The molecule has 0 N–H and O–H groups in total. The molecular weight excluding hydrogens is 236 g/mol. The van der Waals surface area contributed by atoms with Crippen LogP contribution in [0.1, 0.15) is 32.3 Å². The summed E-state index contributed by atoms with van der Waals surface area (Å²) in [6.07, 6.45) is 3.31. The molecule has 1 saturated heterocycles. The molecule has 0 aromatic heterocycles. The Bertz CT molecular complexity index is 475. The molecule has 0 aliphatic carbocycles. The highest BCUT2D eigenvalue weighted by atomic mass is 16.1. The Kier molecular flexibility index (Phi) is 3.09. The van der Waals surface area contributed by atoms with Gasteiger partial charge in [-0.2, -0.15) is 0 Å². The van der Waals surface area contributed by atoms with E-state index in [0.717, 1.165) is 44.6 Å². The summed E-state index contributed by atoms with van der Waals surface area (Å²) < 4.78 is 0. The summed E-state index contributed by atoms with van der Waals surface area (Å²) in [5, 5.41) is 0. The highest BCUT2D eigenvalue weighted by Gasteiger charge is 2.44. The van der Waals surface area contributed by atoms with Crippen LogP contribution in [0.5, 0.6) is 0 Å². The molecule has 2 aliphatic rings. The Labute approximate surface area is 115 Å². The summed E-state index contributed by atoms with van der Waals surface area (Å²) in [4.78, 5) is 15.7. The molecule has 0 unspecified atom stereocenters. The van der Waals surface area contributed by atoms with E-state index in [-0.39, 0.29) is 5.41 Å². The summed E-state index contributed by atoms with van der Waals surface area (Å²) in [6.45, 7) is 7.66. The summed E-state index contributed by atoms with van der Waals surface area (Å²) in [7, 11) is 0. The highest BCUT2D eigenvalue weighted by molar-refractivity contribution is 5.81. The number of carbonyl (C=O) groups is 1. The maximum atomic E-state index is 11.3. The zero-order chi connectivity index (χ0) is 13.5. The predicted octanol–water partition coefficient (Wildman–Crippen LogP) is 2.41. The van der Waals surface area contributed by atoms with E-state index in [2.05, 4.69) is 36.9 Å². The molecule has 1 spiro atoms. The monoisotopic (exact) mass is 258 g/mol. The van der Waals surface area contributed by atoms with Crippen LogP contribution in [0.15, 0.2) is 24.3 Å². The molecule has 19 heavy (non-hydrogen) atoms. The lowest BCUT2D eigenvalue weighted by Gasteiger charge is -2.41. The fourth-order valence-corrected chi connectivity index (χ4v) is 3.66. The van der Waals surface area contributed by atoms with E-state index in [1.54, 1.807) is 0 Å². The molecule has 1 aromatic carbocycles. The van der Waals surface area contributed by atoms with Crippen molar-refractivity contribution in [2.24, 2.45) is 0 Å². The van der Waals surface area contributed by atoms with Gasteiger partial charge in [0.1, 0.15) is 0 Å². The van der Waals surface area contributed by atoms with E-state index < -0.39 is 0 Å². The lowest BCUT2D eigenvalue weighted by Crippen LogP contribution is -2.47. The lowest BCUT2D eigenvalue weighted by molar-refractivity contribution is -0.107. The first-order chi connectivity index (χ1) is 9.16. The Morgan fingerprint density at radius 1 is 1.21 bits per heavy atom. The van der Waals surface area contributed by atoms with Gasteiger partial charge in [0.25, 0.3) is 0 Å². The SMILES string of the molecule is CC(C)N1CCC2(CC1)CN(C=O)c1ccccc12. The van der Waals surface area contributed by atoms with E-state index in [1.165, 1.54) is 5.56 Å². The average Bonchev–Trinajstić information content (AvgIpc) is 2.74. The number of nitrogens with zero attached hydrogens (tertiary/aromatic N) is 2. The first-order valence-electron chi connectivity index (χ1n) is 7.22. The molecule has 0 atom stereocenters. The molecule has 0 saturated carbocycles. The molecule has 2 aliphatic heterocycles. The second-order valence-electron chi connectivity index (χ2n) is 6.16. The molecular formula is C16H22N2O. The molecule has 0 radical (unpaired) electrons. The van der Waals surface area contributed by atoms with Crippen molar-refractivity contribution in [2.75, 3.05) is 24.5 Å². The van der Waals surface area contributed by atoms with Crippen molar-refractivity contribution in [1.82, 2.24) is 4.90 Å². The third kappa shape index (κ3) is 1.96. The number of anilines is 1. The molecule has 3 heteroatoms. The van der Waals surface area contributed by atoms with E-state index >= 15 is 0 Å². The number of para-hydroxylation sites is 1. The van der Waals surface area contributed by atoms with E-state index in [1.807, 2.05) is 11.0 Å². The van der Waals surface area contributed by atoms with Gasteiger partial charge in [0.15, 0.2) is 0 Å². The first kappa shape index (κ1) is 12.7. The van der Waals surface area contributed by atoms with Crippen LogP contribution >= 0.6 is 0 Å². The Morgan fingerprint density at radius 3 is 2.53 bits per heavy atom. The third-order valence-electron chi connectivity index (χ3n) is 4.87. The van der Waals surface area contributed by atoms with Crippen molar-refractivity contribution in [2.45, 2.75) is 38.1 Å². The number of hydrogen-bond donors (Lipinski definition) is 0. The summed E-state index contributed by atoms with van der Waals surface area (Å²) >= 11 is 0. The van der Waals surface area contributed by atoms with Crippen LogP contribution in [0.3, 0.4) is 0 Å². The maximum absolute atomic E-state index is 11.3. The van der Waals surface area contributed by atoms with Crippen LogP contribution in [-0.2, 0) is 10.2 Å². The van der Waals surface area contributed by atoms with Gasteiger partial charge >= 0.3 is 0 Å². The van der Waals surface area contributed by atoms with Gasteiger partial charge in [-0.1, -0.05) is 18.2 Å². The molecule has 3 rings (SSSR count). The first-order valence-corrected chi connectivity index (χ1v) is 7.22.